The van der Waals surface area contributed by atoms with Crippen molar-refractivity contribution in [2.45, 2.75) is 0 Å². The maximum atomic E-state index is 11.1. The average Bonchev–Trinajstić information content (AvgIpc) is 2.49. The van der Waals surface area contributed by atoms with Crippen molar-refractivity contribution in [1.82, 2.24) is 10.4 Å². The fourth-order valence-electron chi connectivity index (χ4n) is 1.55. The second-order valence-corrected chi connectivity index (χ2v) is 3.67. The second-order valence-electron chi connectivity index (χ2n) is 3.67. The molecule has 0 atom stereocenters. The number of methoxy groups -OCH3 is 1. The molecule has 0 aliphatic rings. The smallest absolute Gasteiger partial charge is 0.427 e. The molecule has 19 heavy (non-hydrogen) atoms. The number of carbonyl (C=O) groups is 1. The highest BCUT2D eigenvalue weighted by molar-refractivity contribution is 6.12. The van der Waals surface area contributed by atoms with Crippen molar-refractivity contribution in [2.75, 3.05) is 7.11 Å². The Balaban J connectivity index is 2.37. The van der Waals surface area contributed by atoms with Crippen LogP contribution < -0.4 is 5.43 Å². The Bertz CT molecular complexity index is 526. The number of pyridine rings is 1. The van der Waals surface area contributed by atoms with Gasteiger partial charge in [0.1, 0.15) is 0 Å². The number of nitrogens with zero attached hydrogens (tertiary/aromatic N) is 2. The first-order chi connectivity index (χ1) is 9.31. The normalized spacial score (nSPS) is 10.9. The molecule has 5 nitrogen and oxygen atoms in total. The van der Waals surface area contributed by atoms with E-state index in [0.29, 0.717) is 5.71 Å². The van der Waals surface area contributed by atoms with Crippen molar-refractivity contribution < 1.29 is 9.53 Å². The number of nitrogens with one attached hydrogen (secondary N) is 1. The quantitative estimate of drug-likeness (QED) is 0.675. The molecule has 0 unspecified atom stereocenters. The number of ether oxygens (including phenoxy) is 1. The first kappa shape index (κ1) is 12.8. The van der Waals surface area contributed by atoms with E-state index in [2.05, 4.69) is 20.2 Å². The molecule has 96 valence electrons. The van der Waals surface area contributed by atoms with Gasteiger partial charge in [0, 0.05) is 23.5 Å². The molecule has 1 heterocycles. The number of amides is 1. The molecule has 0 bridgehead atoms. The number of hydrogen-bond donors (Lipinski definition) is 1. The molecule has 0 spiro atoms. The number of hydrogen-bond acceptors (Lipinski definition) is 4. The zero-order valence-corrected chi connectivity index (χ0v) is 10.4. The Morgan fingerprint density at radius 2 is 1.74 bits per heavy atom. The second kappa shape index (κ2) is 6.30. The van der Waals surface area contributed by atoms with Gasteiger partial charge in [-0.05, 0) is 12.1 Å². The van der Waals surface area contributed by atoms with Crippen LogP contribution in [0.25, 0.3) is 0 Å². The summed E-state index contributed by atoms with van der Waals surface area (Å²) in [6.45, 7) is 0. The van der Waals surface area contributed by atoms with Crippen molar-refractivity contribution in [3.8, 4) is 0 Å². The van der Waals surface area contributed by atoms with Gasteiger partial charge in [0.15, 0.2) is 0 Å². The first-order valence-electron chi connectivity index (χ1n) is 5.68. The lowest BCUT2D eigenvalue weighted by molar-refractivity contribution is 0.171. The summed E-state index contributed by atoms with van der Waals surface area (Å²) in [6, 6.07) is 13.2. The highest BCUT2D eigenvalue weighted by atomic mass is 16.5. The molecular weight excluding hydrogens is 242 g/mol. The third kappa shape index (κ3) is 3.38. The molecule has 1 amide bonds. The van der Waals surface area contributed by atoms with Crippen molar-refractivity contribution >= 4 is 11.8 Å². The molecule has 0 saturated heterocycles. The number of benzene rings is 1. The summed E-state index contributed by atoms with van der Waals surface area (Å²) in [5.74, 6) is 0. The average molecular weight is 255 g/mol. The Labute approximate surface area is 110 Å². The van der Waals surface area contributed by atoms with Crippen LogP contribution in [-0.2, 0) is 4.74 Å². The Morgan fingerprint density at radius 1 is 1.11 bits per heavy atom. The van der Waals surface area contributed by atoms with E-state index >= 15 is 0 Å². The number of rotatable bonds is 3. The molecule has 0 saturated carbocycles. The standard InChI is InChI=1S/C14H13N3O2/c1-19-14(18)17-16-13(11-5-3-2-4-6-11)12-7-9-15-10-8-12/h2-10H,1H3,(H,17,18). The Hall–Kier alpha value is -2.69. The summed E-state index contributed by atoms with van der Waals surface area (Å²) in [4.78, 5) is 15.1. The van der Waals surface area contributed by atoms with Gasteiger partial charge in [-0.2, -0.15) is 5.10 Å². The van der Waals surface area contributed by atoms with Gasteiger partial charge in [-0.1, -0.05) is 30.3 Å². The number of aromatic nitrogens is 1. The van der Waals surface area contributed by atoms with Crippen molar-refractivity contribution in [1.29, 1.82) is 0 Å². The SMILES string of the molecule is COC(=O)NN=C(c1ccccc1)c1ccncc1. The van der Waals surface area contributed by atoms with E-state index in [-0.39, 0.29) is 0 Å². The molecule has 2 rings (SSSR count). The molecule has 1 aromatic heterocycles. The zero-order chi connectivity index (χ0) is 13.5. The van der Waals surface area contributed by atoms with Crippen LogP contribution >= 0.6 is 0 Å². The Morgan fingerprint density at radius 3 is 2.37 bits per heavy atom. The minimum atomic E-state index is -0.609. The summed E-state index contributed by atoms with van der Waals surface area (Å²) in [5, 5.41) is 4.10. The van der Waals surface area contributed by atoms with Crippen LogP contribution in [0.15, 0.2) is 60.0 Å². The Kier molecular flexibility index (Phi) is 4.23. The zero-order valence-electron chi connectivity index (χ0n) is 10.4. The topological polar surface area (TPSA) is 63.6 Å². The van der Waals surface area contributed by atoms with E-state index in [1.807, 2.05) is 42.5 Å². The molecule has 0 aliphatic heterocycles. The van der Waals surface area contributed by atoms with Gasteiger partial charge in [-0.25, -0.2) is 10.2 Å². The van der Waals surface area contributed by atoms with Crippen LogP contribution in [0, 0.1) is 0 Å². The monoisotopic (exact) mass is 255 g/mol. The molecular formula is C14H13N3O2. The minimum absolute atomic E-state index is 0.609. The predicted octanol–water partition coefficient (Wildman–Crippen LogP) is 2.19. The van der Waals surface area contributed by atoms with Crippen molar-refractivity contribution in [3.63, 3.8) is 0 Å². The van der Waals surface area contributed by atoms with E-state index in [0.717, 1.165) is 11.1 Å². The lowest BCUT2D eigenvalue weighted by Gasteiger charge is -2.07. The first-order valence-corrected chi connectivity index (χ1v) is 5.68. The van der Waals surface area contributed by atoms with Crippen LogP contribution in [0.5, 0.6) is 0 Å². The van der Waals surface area contributed by atoms with Crippen molar-refractivity contribution in [3.05, 3.63) is 66.0 Å². The number of carbonyl (C=O) groups excluding carboxylic acids is 1. The fourth-order valence-corrected chi connectivity index (χ4v) is 1.55. The van der Waals surface area contributed by atoms with Gasteiger partial charge < -0.3 is 4.74 Å². The highest BCUT2D eigenvalue weighted by Crippen LogP contribution is 2.09. The molecule has 0 fully saturated rings. The molecule has 1 aromatic carbocycles. The maximum absolute atomic E-state index is 11.1. The van der Waals surface area contributed by atoms with E-state index in [4.69, 9.17) is 0 Å². The molecule has 0 radical (unpaired) electrons. The largest absolute Gasteiger partial charge is 0.452 e. The highest BCUT2D eigenvalue weighted by Gasteiger charge is 2.07. The number of hydrazone groups is 1. The van der Waals surface area contributed by atoms with E-state index in [1.54, 1.807) is 12.4 Å². The van der Waals surface area contributed by atoms with Gasteiger partial charge >= 0.3 is 6.09 Å². The predicted molar refractivity (Wildman–Crippen MR) is 71.9 cm³/mol. The summed E-state index contributed by atoms with van der Waals surface area (Å²) in [6.07, 6.45) is 2.74. The summed E-state index contributed by atoms with van der Waals surface area (Å²) < 4.78 is 4.50. The van der Waals surface area contributed by atoms with Crippen molar-refractivity contribution in [2.24, 2.45) is 5.10 Å². The van der Waals surface area contributed by atoms with Crippen LogP contribution in [0.4, 0.5) is 4.79 Å². The minimum Gasteiger partial charge on any atom is -0.452 e. The summed E-state index contributed by atoms with van der Waals surface area (Å²) in [7, 11) is 1.29. The van der Waals surface area contributed by atoms with Crippen LogP contribution in [-0.4, -0.2) is 23.9 Å². The maximum Gasteiger partial charge on any atom is 0.427 e. The van der Waals surface area contributed by atoms with Crippen LogP contribution in [0.1, 0.15) is 11.1 Å². The third-order valence-electron chi connectivity index (χ3n) is 2.45. The molecule has 0 aliphatic carbocycles. The van der Waals surface area contributed by atoms with E-state index < -0.39 is 6.09 Å². The molecule has 2 aromatic rings. The van der Waals surface area contributed by atoms with Gasteiger partial charge in [0.2, 0.25) is 0 Å². The van der Waals surface area contributed by atoms with E-state index in [9.17, 15) is 4.79 Å². The van der Waals surface area contributed by atoms with Gasteiger partial charge in [-0.3, -0.25) is 4.98 Å². The van der Waals surface area contributed by atoms with Crippen LogP contribution in [0.2, 0.25) is 0 Å². The van der Waals surface area contributed by atoms with Gasteiger partial charge in [-0.15, -0.1) is 0 Å². The summed E-state index contributed by atoms with van der Waals surface area (Å²) >= 11 is 0. The fraction of sp³-hybridized carbons (Fsp3) is 0.0714. The summed E-state index contributed by atoms with van der Waals surface area (Å²) in [5.41, 5.74) is 4.73. The third-order valence-corrected chi connectivity index (χ3v) is 2.45. The van der Waals surface area contributed by atoms with Gasteiger partial charge in [0.05, 0.1) is 12.8 Å². The lowest BCUT2D eigenvalue weighted by Crippen LogP contribution is -2.20. The molecule has 5 heteroatoms. The van der Waals surface area contributed by atoms with Gasteiger partial charge in [0.25, 0.3) is 0 Å². The lowest BCUT2D eigenvalue weighted by atomic mass is 10.0. The van der Waals surface area contributed by atoms with Crippen LogP contribution in [0.3, 0.4) is 0 Å². The van der Waals surface area contributed by atoms with E-state index in [1.165, 1.54) is 7.11 Å². The molecule has 1 N–H and O–H groups in total.